The zero-order chi connectivity index (χ0) is 13.1. The first kappa shape index (κ1) is 13.2. The van der Waals surface area contributed by atoms with Gasteiger partial charge in [-0.15, -0.1) is 0 Å². The molecular formula is C13H8BrClFNO. The van der Waals surface area contributed by atoms with Crippen molar-refractivity contribution in [2.24, 2.45) is 0 Å². The van der Waals surface area contributed by atoms with E-state index in [2.05, 4.69) is 20.9 Å². The van der Waals surface area contributed by atoms with E-state index in [1.165, 1.54) is 18.3 Å². The van der Waals surface area contributed by atoms with Gasteiger partial charge in [-0.2, -0.15) is 0 Å². The quantitative estimate of drug-likeness (QED) is 0.795. The summed E-state index contributed by atoms with van der Waals surface area (Å²) in [5.41, 5.74) is 0.492. The number of carbonyl (C=O) groups excluding carboxylic acids is 1. The van der Waals surface area contributed by atoms with Crippen LogP contribution in [-0.4, -0.2) is 10.8 Å². The van der Waals surface area contributed by atoms with Crippen molar-refractivity contribution in [1.29, 1.82) is 0 Å². The Labute approximate surface area is 117 Å². The van der Waals surface area contributed by atoms with E-state index >= 15 is 0 Å². The lowest BCUT2D eigenvalue weighted by atomic mass is 10.1. The number of halogens is 3. The highest BCUT2D eigenvalue weighted by Gasteiger charge is 2.14. The van der Waals surface area contributed by atoms with Crippen molar-refractivity contribution in [1.82, 2.24) is 4.98 Å². The lowest BCUT2D eigenvalue weighted by Gasteiger charge is -2.04. The van der Waals surface area contributed by atoms with Gasteiger partial charge in [-0.3, -0.25) is 9.78 Å². The summed E-state index contributed by atoms with van der Waals surface area (Å²) in [7, 11) is 0. The van der Waals surface area contributed by atoms with E-state index in [4.69, 9.17) is 11.6 Å². The Kier molecular flexibility index (Phi) is 4.09. The molecule has 0 spiro atoms. The number of benzene rings is 1. The van der Waals surface area contributed by atoms with Crippen LogP contribution >= 0.6 is 27.5 Å². The van der Waals surface area contributed by atoms with Crippen LogP contribution in [0.3, 0.4) is 0 Å². The molecule has 0 atom stereocenters. The number of pyridine rings is 1. The summed E-state index contributed by atoms with van der Waals surface area (Å²) in [6, 6.07) is 7.64. The topological polar surface area (TPSA) is 30.0 Å². The first-order chi connectivity index (χ1) is 8.58. The van der Waals surface area contributed by atoms with Gasteiger partial charge in [0.15, 0.2) is 5.78 Å². The van der Waals surface area contributed by atoms with E-state index in [1.54, 1.807) is 18.2 Å². The molecule has 1 aromatic heterocycles. The summed E-state index contributed by atoms with van der Waals surface area (Å²) >= 11 is 9.10. The number of aromatic nitrogens is 1. The van der Waals surface area contributed by atoms with Crippen molar-refractivity contribution in [3.63, 3.8) is 0 Å². The number of hydrogen-bond donors (Lipinski definition) is 0. The molecule has 0 bridgehead atoms. The molecule has 18 heavy (non-hydrogen) atoms. The standard InChI is InChI=1S/C13H8BrClFNO/c14-8-4-5-12(17-7-8)13(18)6-9-10(15)2-1-3-11(9)16/h1-5,7H,6H2. The van der Waals surface area contributed by atoms with E-state index in [0.717, 1.165) is 4.47 Å². The molecule has 0 N–H and O–H groups in total. The van der Waals surface area contributed by atoms with E-state index in [1.807, 2.05) is 0 Å². The van der Waals surface area contributed by atoms with Crippen LogP contribution in [0.5, 0.6) is 0 Å². The summed E-state index contributed by atoms with van der Waals surface area (Å²) in [6.45, 7) is 0. The van der Waals surface area contributed by atoms with Crippen LogP contribution in [-0.2, 0) is 6.42 Å². The van der Waals surface area contributed by atoms with Crippen molar-refractivity contribution in [2.45, 2.75) is 6.42 Å². The largest absolute Gasteiger partial charge is 0.292 e. The number of hydrogen-bond acceptors (Lipinski definition) is 2. The summed E-state index contributed by atoms with van der Waals surface area (Å²) in [5.74, 6) is -0.748. The number of rotatable bonds is 3. The smallest absolute Gasteiger partial charge is 0.185 e. The summed E-state index contributed by atoms with van der Waals surface area (Å²) in [6.07, 6.45) is 1.43. The fourth-order valence-electron chi connectivity index (χ4n) is 1.49. The third-order valence-corrected chi connectivity index (χ3v) is 3.24. The molecule has 0 aliphatic rings. The Hall–Kier alpha value is -1.26. The normalized spacial score (nSPS) is 10.4. The van der Waals surface area contributed by atoms with Gasteiger partial charge in [-0.05, 0) is 40.2 Å². The highest BCUT2D eigenvalue weighted by atomic mass is 79.9. The van der Waals surface area contributed by atoms with Gasteiger partial charge in [0.1, 0.15) is 11.5 Å². The molecule has 92 valence electrons. The fraction of sp³-hybridized carbons (Fsp3) is 0.0769. The number of nitrogens with zero attached hydrogens (tertiary/aromatic N) is 1. The third-order valence-electron chi connectivity index (χ3n) is 2.41. The first-order valence-corrected chi connectivity index (χ1v) is 6.32. The molecule has 0 radical (unpaired) electrons. The molecule has 0 unspecified atom stereocenters. The average molecular weight is 329 g/mol. The van der Waals surface area contributed by atoms with Crippen LogP contribution < -0.4 is 0 Å². The van der Waals surface area contributed by atoms with Crippen molar-refractivity contribution >= 4 is 33.3 Å². The van der Waals surface area contributed by atoms with Gasteiger partial charge in [-0.1, -0.05) is 17.7 Å². The lowest BCUT2D eigenvalue weighted by molar-refractivity contribution is 0.0987. The SMILES string of the molecule is O=C(Cc1c(F)cccc1Cl)c1ccc(Br)cn1. The second-order valence-electron chi connectivity index (χ2n) is 3.66. The Morgan fingerprint density at radius 1 is 1.33 bits per heavy atom. The molecule has 0 fully saturated rings. The Balaban J connectivity index is 2.24. The summed E-state index contributed by atoms with van der Waals surface area (Å²) < 4.78 is 14.3. The van der Waals surface area contributed by atoms with Gasteiger partial charge in [-0.25, -0.2) is 4.39 Å². The van der Waals surface area contributed by atoms with Crippen LogP contribution in [0, 0.1) is 5.82 Å². The van der Waals surface area contributed by atoms with Gasteiger partial charge in [0.05, 0.1) is 0 Å². The molecule has 0 aliphatic carbocycles. The highest BCUT2D eigenvalue weighted by Crippen LogP contribution is 2.20. The van der Waals surface area contributed by atoms with Crippen molar-refractivity contribution in [3.8, 4) is 0 Å². The zero-order valence-electron chi connectivity index (χ0n) is 9.16. The molecule has 0 saturated carbocycles. The predicted molar refractivity (Wildman–Crippen MR) is 71.4 cm³/mol. The molecule has 2 aromatic rings. The maximum atomic E-state index is 13.5. The molecule has 2 nitrogen and oxygen atoms in total. The number of Topliss-reactive ketones (excluding diaryl/α,β-unsaturated/α-hetero) is 1. The monoisotopic (exact) mass is 327 g/mol. The second-order valence-corrected chi connectivity index (χ2v) is 4.98. The van der Waals surface area contributed by atoms with Gasteiger partial charge in [0.25, 0.3) is 0 Å². The molecule has 0 aliphatic heterocycles. The minimum atomic E-state index is -0.479. The highest BCUT2D eigenvalue weighted by molar-refractivity contribution is 9.10. The average Bonchev–Trinajstić information content (AvgIpc) is 2.34. The van der Waals surface area contributed by atoms with Crippen LogP contribution in [0.1, 0.15) is 16.1 Å². The van der Waals surface area contributed by atoms with Crippen molar-refractivity contribution in [3.05, 3.63) is 63.1 Å². The minimum Gasteiger partial charge on any atom is -0.292 e. The van der Waals surface area contributed by atoms with Crippen LogP contribution in [0.15, 0.2) is 41.0 Å². The molecule has 1 aromatic carbocycles. The Morgan fingerprint density at radius 3 is 2.72 bits per heavy atom. The number of carbonyl (C=O) groups is 1. The Bertz CT molecular complexity index is 566. The summed E-state index contributed by atoms with van der Waals surface area (Å²) in [5, 5.41) is 0.250. The Morgan fingerprint density at radius 2 is 2.11 bits per heavy atom. The molecule has 0 amide bonds. The van der Waals surface area contributed by atoms with Crippen molar-refractivity contribution < 1.29 is 9.18 Å². The molecule has 5 heteroatoms. The third kappa shape index (κ3) is 2.94. The molecule has 0 saturated heterocycles. The maximum Gasteiger partial charge on any atom is 0.185 e. The minimum absolute atomic E-state index is 0.0971. The lowest BCUT2D eigenvalue weighted by Crippen LogP contribution is -2.07. The van der Waals surface area contributed by atoms with Gasteiger partial charge >= 0.3 is 0 Å². The molecule has 2 rings (SSSR count). The van der Waals surface area contributed by atoms with Crippen molar-refractivity contribution in [2.75, 3.05) is 0 Å². The molecular weight excluding hydrogens is 321 g/mol. The number of ketones is 1. The zero-order valence-corrected chi connectivity index (χ0v) is 11.5. The van der Waals surface area contributed by atoms with Gasteiger partial charge in [0, 0.05) is 27.7 Å². The van der Waals surface area contributed by atoms with E-state index in [-0.39, 0.29) is 28.5 Å². The summed E-state index contributed by atoms with van der Waals surface area (Å²) in [4.78, 5) is 15.9. The maximum absolute atomic E-state index is 13.5. The van der Waals surface area contributed by atoms with E-state index in [9.17, 15) is 9.18 Å². The second kappa shape index (κ2) is 5.59. The van der Waals surface area contributed by atoms with Crippen LogP contribution in [0.2, 0.25) is 5.02 Å². The first-order valence-electron chi connectivity index (χ1n) is 5.15. The van der Waals surface area contributed by atoms with Crippen LogP contribution in [0.4, 0.5) is 4.39 Å². The van der Waals surface area contributed by atoms with Gasteiger partial charge in [0.2, 0.25) is 0 Å². The van der Waals surface area contributed by atoms with Crippen LogP contribution in [0.25, 0.3) is 0 Å². The van der Waals surface area contributed by atoms with E-state index < -0.39 is 5.82 Å². The van der Waals surface area contributed by atoms with Gasteiger partial charge < -0.3 is 0 Å². The molecule has 1 heterocycles. The van der Waals surface area contributed by atoms with E-state index in [0.29, 0.717) is 0 Å². The predicted octanol–water partition coefficient (Wildman–Crippen LogP) is 4.06. The fourth-order valence-corrected chi connectivity index (χ4v) is 1.96.